The number of carbonyl (C=O) groups is 1. The van der Waals surface area contributed by atoms with E-state index in [1.807, 2.05) is 11.8 Å². The molecule has 1 aromatic heterocycles. The Kier molecular flexibility index (Phi) is 4.23. The van der Waals surface area contributed by atoms with Gasteiger partial charge in [-0.1, -0.05) is 13.8 Å². The number of furan rings is 1. The normalized spacial score (nSPS) is 13.8. The molecule has 1 aromatic carbocycles. The predicted octanol–water partition coefficient (Wildman–Crippen LogP) is 3.97. The van der Waals surface area contributed by atoms with Crippen LogP contribution in [-0.4, -0.2) is 23.9 Å². The second-order valence-electron chi connectivity index (χ2n) is 6.73. The van der Waals surface area contributed by atoms with Crippen molar-refractivity contribution in [3.05, 3.63) is 35.1 Å². The van der Waals surface area contributed by atoms with Crippen molar-refractivity contribution in [3.8, 4) is 0 Å². The summed E-state index contributed by atoms with van der Waals surface area (Å²) in [4.78, 5) is 14.5. The lowest BCUT2D eigenvalue weighted by Crippen LogP contribution is -2.35. The smallest absolute Gasteiger partial charge is 0.227 e. The molecule has 0 fully saturated rings. The first-order valence-electron chi connectivity index (χ1n) is 8.38. The Hall–Kier alpha value is -1.77. The summed E-state index contributed by atoms with van der Waals surface area (Å²) in [5.74, 6) is 0.688. The molecule has 1 amide bonds. The van der Waals surface area contributed by atoms with Crippen LogP contribution in [0.15, 0.2) is 22.8 Å². The average molecular weight is 299 g/mol. The molecule has 0 N–H and O–H groups in total. The van der Waals surface area contributed by atoms with Gasteiger partial charge in [0, 0.05) is 24.0 Å². The van der Waals surface area contributed by atoms with Gasteiger partial charge in [0.25, 0.3) is 0 Å². The molecule has 0 radical (unpaired) electrons. The summed E-state index contributed by atoms with van der Waals surface area (Å²) in [6.45, 7) is 7.92. The van der Waals surface area contributed by atoms with Crippen LogP contribution in [0.2, 0.25) is 0 Å². The molecule has 0 aliphatic heterocycles. The maximum Gasteiger partial charge on any atom is 0.227 e. The SMILES string of the molecule is CCN(CC(C)C)C(=O)Cc1coc2cc3c(cc12)CCC3. The number of fused-ring (bicyclic) bond motifs is 2. The summed E-state index contributed by atoms with van der Waals surface area (Å²) >= 11 is 0. The molecule has 3 nitrogen and oxygen atoms in total. The first-order valence-corrected chi connectivity index (χ1v) is 8.38. The van der Waals surface area contributed by atoms with Crippen LogP contribution in [-0.2, 0) is 24.1 Å². The minimum absolute atomic E-state index is 0.194. The van der Waals surface area contributed by atoms with Gasteiger partial charge in [0.15, 0.2) is 0 Å². The second kappa shape index (κ2) is 6.15. The summed E-state index contributed by atoms with van der Waals surface area (Å²) in [5.41, 5.74) is 4.79. The Bertz CT molecular complexity index is 684. The van der Waals surface area contributed by atoms with Crippen LogP contribution in [0.1, 0.15) is 43.9 Å². The van der Waals surface area contributed by atoms with E-state index in [1.54, 1.807) is 6.26 Å². The van der Waals surface area contributed by atoms with E-state index >= 15 is 0 Å². The Balaban J connectivity index is 1.83. The van der Waals surface area contributed by atoms with Gasteiger partial charge in [-0.3, -0.25) is 4.79 Å². The number of aryl methyl sites for hydroxylation is 2. The summed E-state index contributed by atoms with van der Waals surface area (Å²) < 4.78 is 5.70. The Morgan fingerprint density at radius 1 is 1.27 bits per heavy atom. The molecule has 1 aliphatic rings. The molecular weight excluding hydrogens is 274 g/mol. The summed E-state index contributed by atoms with van der Waals surface area (Å²) in [6, 6.07) is 4.40. The van der Waals surface area contributed by atoms with Crippen molar-refractivity contribution in [1.29, 1.82) is 0 Å². The van der Waals surface area contributed by atoms with Crippen molar-refractivity contribution >= 4 is 16.9 Å². The second-order valence-corrected chi connectivity index (χ2v) is 6.73. The van der Waals surface area contributed by atoms with Crippen molar-refractivity contribution in [2.75, 3.05) is 13.1 Å². The van der Waals surface area contributed by atoms with Crippen LogP contribution in [0.5, 0.6) is 0 Å². The molecule has 3 rings (SSSR count). The van der Waals surface area contributed by atoms with E-state index in [0.717, 1.165) is 42.5 Å². The molecule has 0 saturated carbocycles. The number of carbonyl (C=O) groups excluding carboxylic acids is 1. The van der Waals surface area contributed by atoms with Gasteiger partial charge in [0.2, 0.25) is 5.91 Å². The zero-order valence-electron chi connectivity index (χ0n) is 13.8. The van der Waals surface area contributed by atoms with E-state index < -0.39 is 0 Å². The van der Waals surface area contributed by atoms with Gasteiger partial charge in [0.05, 0.1) is 12.7 Å². The van der Waals surface area contributed by atoms with Crippen LogP contribution in [0.4, 0.5) is 0 Å². The van der Waals surface area contributed by atoms with E-state index in [2.05, 4.69) is 26.0 Å². The van der Waals surface area contributed by atoms with Gasteiger partial charge in [-0.2, -0.15) is 0 Å². The first-order chi connectivity index (χ1) is 10.6. The minimum Gasteiger partial charge on any atom is -0.464 e. The van der Waals surface area contributed by atoms with Crippen LogP contribution < -0.4 is 0 Å². The molecule has 2 aromatic rings. The number of hydrogen-bond acceptors (Lipinski definition) is 2. The molecule has 0 unspecified atom stereocenters. The third-order valence-electron chi connectivity index (χ3n) is 4.53. The molecule has 3 heteroatoms. The van der Waals surface area contributed by atoms with Gasteiger partial charge in [-0.25, -0.2) is 0 Å². The minimum atomic E-state index is 0.194. The lowest BCUT2D eigenvalue weighted by atomic mass is 10.0. The fourth-order valence-electron chi connectivity index (χ4n) is 3.41. The Labute approximate surface area is 132 Å². The number of amides is 1. The molecular formula is C19H25NO2. The number of nitrogens with zero attached hydrogens (tertiary/aromatic N) is 1. The van der Waals surface area contributed by atoms with E-state index in [9.17, 15) is 4.79 Å². The molecule has 0 saturated heterocycles. The number of likely N-dealkylation sites (N-methyl/N-ethyl adjacent to an activating group) is 1. The van der Waals surface area contributed by atoms with Crippen molar-refractivity contribution < 1.29 is 9.21 Å². The number of hydrogen-bond donors (Lipinski definition) is 0. The third kappa shape index (κ3) is 2.90. The lowest BCUT2D eigenvalue weighted by molar-refractivity contribution is -0.130. The first kappa shape index (κ1) is 15.1. The standard InChI is InChI=1S/C19H25NO2/c1-4-20(11-13(2)3)19(21)10-16-12-22-18-9-15-7-5-6-14(15)8-17(16)18/h8-9,12-13H,4-7,10-11H2,1-3H3. The Morgan fingerprint density at radius 3 is 2.68 bits per heavy atom. The molecule has 0 spiro atoms. The highest BCUT2D eigenvalue weighted by atomic mass is 16.3. The monoisotopic (exact) mass is 299 g/mol. The third-order valence-corrected chi connectivity index (χ3v) is 4.53. The van der Waals surface area contributed by atoms with Gasteiger partial charge >= 0.3 is 0 Å². The van der Waals surface area contributed by atoms with Crippen LogP contribution in [0.3, 0.4) is 0 Å². The zero-order chi connectivity index (χ0) is 15.7. The molecule has 118 valence electrons. The average Bonchev–Trinajstić information content (AvgIpc) is 3.09. The fourth-order valence-corrected chi connectivity index (χ4v) is 3.41. The number of benzene rings is 1. The topological polar surface area (TPSA) is 33.5 Å². The zero-order valence-corrected chi connectivity index (χ0v) is 13.8. The predicted molar refractivity (Wildman–Crippen MR) is 89.0 cm³/mol. The maximum absolute atomic E-state index is 12.5. The number of rotatable bonds is 5. The van der Waals surface area contributed by atoms with Crippen molar-refractivity contribution in [3.63, 3.8) is 0 Å². The van der Waals surface area contributed by atoms with Gasteiger partial charge < -0.3 is 9.32 Å². The molecule has 22 heavy (non-hydrogen) atoms. The molecule has 1 aliphatic carbocycles. The lowest BCUT2D eigenvalue weighted by Gasteiger charge is -2.22. The molecule has 0 bridgehead atoms. The summed E-state index contributed by atoms with van der Waals surface area (Å²) in [7, 11) is 0. The van der Waals surface area contributed by atoms with Gasteiger partial charge in [0.1, 0.15) is 5.58 Å². The van der Waals surface area contributed by atoms with Crippen molar-refractivity contribution in [2.45, 2.75) is 46.5 Å². The Morgan fingerprint density at radius 2 is 2.00 bits per heavy atom. The van der Waals surface area contributed by atoms with E-state index in [1.165, 1.54) is 17.5 Å². The quantitative estimate of drug-likeness (QED) is 0.837. The molecule has 1 heterocycles. The van der Waals surface area contributed by atoms with Gasteiger partial charge in [-0.05, 0) is 55.4 Å². The van der Waals surface area contributed by atoms with Crippen molar-refractivity contribution in [2.24, 2.45) is 5.92 Å². The highest BCUT2D eigenvalue weighted by Crippen LogP contribution is 2.30. The van der Waals surface area contributed by atoms with Crippen molar-refractivity contribution in [1.82, 2.24) is 4.90 Å². The highest BCUT2D eigenvalue weighted by molar-refractivity contribution is 5.88. The van der Waals surface area contributed by atoms with E-state index in [-0.39, 0.29) is 5.91 Å². The van der Waals surface area contributed by atoms with Crippen LogP contribution in [0.25, 0.3) is 11.0 Å². The van der Waals surface area contributed by atoms with E-state index in [0.29, 0.717) is 12.3 Å². The van der Waals surface area contributed by atoms with Gasteiger partial charge in [-0.15, -0.1) is 0 Å². The molecule has 0 atom stereocenters. The largest absolute Gasteiger partial charge is 0.464 e. The summed E-state index contributed by atoms with van der Waals surface area (Å²) in [5, 5.41) is 1.12. The van der Waals surface area contributed by atoms with Crippen LogP contribution >= 0.6 is 0 Å². The summed E-state index contributed by atoms with van der Waals surface area (Å²) in [6.07, 6.45) is 5.73. The maximum atomic E-state index is 12.5. The fraction of sp³-hybridized carbons (Fsp3) is 0.526. The van der Waals surface area contributed by atoms with Crippen LogP contribution in [0, 0.1) is 5.92 Å². The van der Waals surface area contributed by atoms with E-state index in [4.69, 9.17) is 4.42 Å². The highest BCUT2D eigenvalue weighted by Gasteiger charge is 2.19.